The van der Waals surface area contributed by atoms with E-state index in [0.29, 0.717) is 12.1 Å². The first-order valence-electron chi connectivity index (χ1n) is 8.65. The van der Waals surface area contributed by atoms with E-state index in [9.17, 15) is 4.79 Å². The Bertz CT molecular complexity index is 910. The van der Waals surface area contributed by atoms with E-state index in [1.807, 2.05) is 24.3 Å². The number of para-hydroxylation sites is 1. The second-order valence-corrected chi connectivity index (χ2v) is 8.13. The molecule has 2 aromatic carbocycles. The molecule has 1 aliphatic rings. The van der Waals surface area contributed by atoms with Gasteiger partial charge in [-0.3, -0.25) is 4.79 Å². The lowest BCUT2D eigenvalue weighted by Gasteiger charge is -2.30. The first-order valence-corrected chi connectivity index (χ1v) is 10.3. The SMILES string of the molecule is O=C(NC[C@@H](c1cccs1)N1CCc2ccccc21)c1ccccc1Br. The maximum atomic E-state index is 12.6. The number of nitrogens with one attached hydrogen (secondary N) is 1. The first-order chi connectivity index (χ1) is 12.7. The fourth-order valence-corrected chi connectivity index (χ4v) is 4.77. The van der Waals surface area contributed by atoms with E-state index in [-0.39, 0.29) is 11.9 Å². The molecule has 0 fully saturated rings. The van der Waals surface area contributed by atoms with Gasteiger partial charge in [0, 0.05) is 28.1 Å². The molecule has 1 N–H and O–H groups in total. The highest BCUT2D eigenvalue weighted by atomic mass is 79.9. The van der Waals surface area contributed by atoms with Crippen LogP contribution in [0.3, 0.4) is 0 Å². The summed E-state index contributed by atoms with van der Waals surface area (Å²) in [7, 11) is 0. The molecule has 0 spiro atoms. The van der Waals surface area contributed by atoms with Crippen LogP contribution in [0.15, 0.2) is 70.5 Å². The summed E-state index contributed by atoms with van der Waals surface area (Å²) < 4.78 is 0.816. The molecule has 1 atom stereocenters. The smallest absolute Gasteiger partial charge is 0.252 e. The Hall–Kier alpha value is -2.11. The van der Waals surface area contributed by atoms with Gasteiger partial charge in [0.05, 0.1) is 11.6 Å². The van der Waals surface area contributed by atoms with Crippen LogP contribution >= 0.6 is 27.3 Å². The average molecular weight is 427 g/mol. The number of nitrogens with zero attached hydrogens (tertiary/aromatic N) is 1. The number of hydrogen-bond acceptors (Lipinski definition) is 3. The minimum atomic E-state index is -0.0495. The van der Waals surface area contributed by atoms with Crippen LogP contribution in [0.5, 0.6) is 0 Å². The van der Waals surface area contributed by atoms with Crippen molar-refractivity contribution in [3.05, 3.63) is 86.5 Å². The molecule has 5 heteroatoms. The van der Waals surface area contributed by atoms with Gasteiger partial charge >= 0.3 is 0 Å². The van der Waals surface area contributed by atoms with Crippen LogP contribution in [0.4, 0.5) is 5.69 Å². The Morgan fingerprint density at radius 2 is 1.92 bits per heavy atom. The zero-order valence-corrected chi connectivity index (χ0v) is 16.6. The lowest BCUT2D eigenvalue weighted by molar-refractivity contribution is 0.0950. The van der Waals surface area contributed by atoms with Crippen LogP contribution in [0.25, 0.3) is 0 Å². The molecule has 0 radical (unpaired) electrons. The predicted octanol–water partition coefficient (Wildman–Crippen LogP) is 5.04. The van der Waals surface area contributed by atoms with E-state index < -0.39 is 0 Å². The van der Waals surface area contributed by atoms with E-state index in [1.165, 1.54) is 16.1 Å². The number of benzene rings is 2. The van der Waals surface area contributed by atoms with Gasteiger partial charge in [-0.15, -0.1) is 11.3 Å². The molecular weight excluding hydrogens is 408 g/mol. The fourth-order valence-electron chi connectivity index (χ4n) is 3.46. The second-order valence-electron chi connectivity index (χ2n) is 6.29. The average Bonchev–Trinajstić information content (AvgIpc) is 3.33. The summed E-state index contributed by atoms with van der Waals surface area (Å²) in [5.74, 6) is -0.0495. The maximum absolute atomic E-state index is 12.6. The van der Waals surface area contributed by atoms with Crippen LogP contribution in [0.1, 0.15) is 26.8 Å². The first kappa shape index (κ1) is 17.3. The third-order valence-electron chi connectivity index (χ3n) is 4.75. The Morgan fingerprint density at radius 1 is 1.12 bits per heavy atom. The van der Waals surface area contributed by atoms with Crippen molar-refractivity contribution in [2.45, 2.75) is 12.5 Å². The Kier molecular flexibility index (Phi) is 5.09. The van der Waals surface area contributed by atoms with Gasteiger partial charge < -0.3 is 10.2 Å². The molecule has 1 aliphatic heterocycles. The number of thiophene rings is 1. The molecule has 132 valence electrons. The van der Waals surface area contributed by atoms with E-state index in [4.69, 9.17) is 0 Å². The van der Waals surface area contributed by atoms with E-state index in [0.717, 1.165) is 17.4 Å². The fraction of sp³-hybridized carbons (Fsp3) is 0.190. The van der Waals surface area contributed by atoms with Crippen LogP contribution < -0.4 is 10.2 Å². The molecule has 3 nitrogen and oxygen atoms in total. The molecular formula is C21H19BrN2OS. The van der Waals surface area contributed by atoms with Gasteiger partial charge in [0.1, 0.15) is 0 Å². The molecule has 0 saturated carbocycles. The van der Waals surface area contributed by atoms with E-state index in [2.05, 4.69) is 67.9 Å². The summed E-state index contributed by atoms with van der Waals surface area (Å²) in [4.78, 5) is 16.3. The topological polar surface area (TPSA) is 32.3 Å². The van der Waals surface area contributed by atoms with E-state index in [1.54, 1.807) is 11.3 Å². The van der Waals surface area contributed by atoms with Crippen LogP contribution in [-0.2, 0) is 6.42 Å². The number of carbonyl (C=O) groups is 1. The standard InChI is InChI=1S/C21H19BrN2OS/c22-17-8-3-2-7-16(17)21(25)23-14-19(20-10-5-13-26-20)24-12-11-15-6-1-4-9-18(15)24/h1-10,13,19H,11-12,14H2,(H,23,25)/t19-/m0/s1. The van der Waals surface area contributed by atoms with Crippen molar-refractivity contribution in [3.63, 3.8) is 0 Å². The Balaban J connectivity index is 1.56. The summed E-state index contributed by atoms with van der Waals surface area (Å²) in [5, 5.41) is 5.23. The highest BCUT2D eigenvalue weighted by Crippen LogP contribution is 2.36. The maximum Gasteiger partial charge on any atom is 0.252 e. The minimum Gasteiger partial charge on any atom is -0.361 e. The van der Waals surface area contributed by atoms with Crippen molar-refractivity contribution in [1.82, 2.24) is 5.32 Å². The molecule has 3 aromatic rings. The summed E-state index contributed by atoms with van der Waals surface area (Å²) in [5.41, 5.74) is 3.33. The van der Waals surface area contributed by atoms with Gasteiger partial charge in [-0.2, -0.15) is 0 Å². The van der Waals surface area contributed by atoms with Gasteiger partial charge in [-0.25, -0.2) is 0 Å². The molecule has 0 unspecified atom stereocenters. The molecule has 0 saturated heterocycles. The normalized spacial score (nSPS) is 14.1. The van der Waals surface area contributed by atoms with Gasteiger partial charge in [-0.1, -0.05) is 36.4 Å². The molecule has 4 rings (SSSR count). The largest absolute Gasteiger partial charge is 0.361 e. The summed E-state index contributed by atoms with van der Waals surface area (Å²) >= 11 is 5.20. The van der Waals surface area contributed by atoms with Crippen molar-refractivity contribution in [3.8, 4) is 0 Å². The number of anilines is 1. The van der Waals surface area contributed by atoms with Crippen LogP contribution in [0, 0.1) is 0 Å². The van der Waals surface area contributed by atoms with E-state index >= 15 is 0 Å². The molecule has 0 bridgehead atoms. The predicted molar refractivity (Wildman–Crippen MR) is 111 cm³/mol. The van der Waals surface area contributed by atoms with Gasteiger partial charge in [0.25, 0.3) is 5.91 Å². The summed E-state index contributed by atoms with van der Waals surface area (Å²) in [6, 6.07) is 20.4. The third-order valence-corrected chi connectivity index (χ3v) is 6.41. The number of fused-ring (bicyclic) bond motifs is 1. The number of carbonyl (C=O) groups excluding carboxylic acids is 1. The molecule has 1 amide bonds. The minimum absolute atomic E-state index is 0.0495. The highest BCUT2D eigenvalue weighted by molar-refractivity contribution is 9.10. The molecule has 0 aliphatic carbocycles. The van der Waals surface area contributed by atoms with Crippen molar-refractivity contribution in [1.29, 1.82) is 0 Å². The van der Waals surface area contributed by atoms with Crippen molar-refractivity contribution >= 4 is 38.9 Å². The molecule has 2 heterocycles. The number of rotatable bonds is 5. The monoisotopic (exact) mass is 426 g/mol. The van der Waals surface area contributed by atoms with Gasteiger partial charge in [0.2, 0.25) is 0 Å². The second kappa shape index (κ2) is 7.64. The van der Waals surface area contributed by atoms with Gasteiger partial charge in [0.15, 0.2) is 0 Å². The lowest BCUT2D eigenvalue weighted by atomic mass is 10.1. The Labute approximate surface area is 165 Å². The van der Waals surface area contributed by atoms with Crippen LogP contribution in [-0.4, -0.2) is 19.0 Å². The number of amides is 1. The molecule has 1 aromatic heterocycles. The Morgan fingerprint density at radius 3 is 2.73 bits per heavy atom. The van der Waals surface area contributed by atoms with Crippen molar-refractivity contribution in [2.24, 2.45) is 0 Å². The zero-order valence-electron chi connectivity index (χ0n) is 14.2. The summed E-state index contributed by atoms with van der Waals surface area (Å²) in [6.45, 7) is 1.56. The van der Waals surface area contributed by atoms with Crippen molar-refractivity contribution in [2.75, 3.05) is 18.0 Å². The molecule has 26 heavy (non-hydrogen) atoms. The van der Waals surface area contributed by atoms with Crippen LogP contribution in [0.2, 0.25) is 0 Å². The quantitative estimate of drug-likeness (QED) is 0.619. The van der Waals surface area contributed by atoms with Crippen molar-refractivity contribution < 1.29 is 4.79 Å². The lowest BCUT2D eigenvalue weighted by Crippen LogP contribution is -2.37. The number of halogens is 1. The zero-order chi connectivity index (χ0) is 17.9. The van der Waals surface area contributed by atoms with Gasteiger partial charge in [-0.05, 0) is 57.6 Å². The third kappa shape index (κ3) is 3.41. The number of hydrogen-bond donors (Lipinski definition) is 1. The highest BCUT2D eigenvalue weighted by Gasteiger charge is 2.28. The summed E-state index contributed by atoms with van der Waals surface area (Å²) in [6.07, 6.45) is 1.05.